The molecule has 0 saturated heterocycles. The van der Waals surface area contributed by atoms with Gasteiger partial charge in [0.1, 0.15) is 9.84 Å². The second-order valence-corrected chi connectivity index (χ2v) is 9.26. The smallest absolute Gasteiger partial charge is 0.218 e. The molecule has 20 heavy (non-hydrogen) atoms. The SMILES string of the molecule is CN(CCS(C)(=O)=O)S(=O)(=O)Cc1cccc(CCl)c1. The number of halogens is 1. The van der Waals surface area contributed by atoms with E-state index < -0.39 is 19.9 Å². The maximum absolute atomic E-state index is 12.1. The van der Waals surface area contributed by atoms with E-state index in [1.165, 1.54) is 7.05 Å². The minimum Gasteiger partial charge on any atom is -0.229 e. The molecule has 0 aliphatic rings. The number of alkyl halides is 1. The van der Waals surface area contributed by atoms with E-state index in [1.807, 2.05) is 6.07 Å². The Morgan fingerprint density at radius 1 is 1.15 bits per heavy atom. The number of sulfone groups is 1. The second-order valence-electron chi connectivity index (χ2n) is 4.66. The highest BCUT2D eigenvalue weighted by Crippen LogP contribution is 2.13. The molecule has 1 aromatic rings. The van der Waals surface area contributed by atoms with E-state index >= 15 is 0 Å². The lowest BCUT2D eigenvalue weighted by atomic mass is 10.2. The van der Waals surface area contributed by atoms with Gasteiger partial charge in [0.25, 0.3) is 0 Å². The largest absolute Gasteiger partial charge is 0.229 e. The first-order chi connectivity index (χ1) is 9.14. The zero-order valence-corrected chi connectivity index (χ0v) is 13.8. The van der Waals surface area contributed by atoms with E-state index in [0.717, 1.165) is 16.1 Å². The Kier molecular flexibility index (Phi) is 6.00. The van der Waals surface area contributed by atoms with Gasteiger partial charge in [0.2, 0.25) is 10.0 Å². The van der Waals surface area contributed by atoms with Crippen molar-refractivity contribution in [2.75, 3.05) is 25.6 Å². The van der Waals surface area contributed by atoms with Crippen LogP contribution in [0.1, 0.15) is 11.1 Å². The molecule has 1 aromatic carbocycles. The van der Waals surface area contributed by atoms with Gasteiger partial charge in [-0.1, -0.05) is 24.3 Å². The van der Waals surface area contributed by atoms with Crippen LogP contribution >= 0.6 is 11.6 Å². The Morgan fingerprint density at radius 3 is 2.30 bits per heavy atom. The molecule has 0 saturated carbocycles. The van der Waals surface area contributed by atoms with Crippen LogP contribution in [0.4, 0.5) is 0 Å². The Labute approximate surface area is 125 Å². The fourth-order valence-electron chi connectivity index (χ4n) is 1.56. The first kappa shape index (κ1) is 17.4. The zero-order chi connectivity index (χ0) is 15.4. The highest BCUT2D eigenvalue weighted by atomic mass is 35.5. The third-order valence-electron chi connectivity index (χ3n) is 2.75. The Hall–Kier alpha value is -0.630. The van der Waals surface area contributed by atoms with Crippen molar-refractivity contribution in [1.82, 2.24) is 4.31 Å². The summed E-state index contributed by atoms with van der Waals surface area (Å²) in [6, 6.07) is 7.00. The number of rotatable bonds is 7. The molecule has 0 atom stereocenters. The molecular weight excluding hydrogens is 322 g/mol. The highest BCUT2D eigenvalue weighted by molar-refractivity contribution is 7.90. The molecule has 5 nitrogen and oxygen atoms in total. The van der Waals surface area contributed by atoms with Crippen LogP contribution in [0.5, 0.6) is 0 Å². The molecule has 0 amide bonds. The standard InChI is InChI=1S/C12H18ClNO4S2/c1-14(6-7-19(2,15)16)20(17,18)10-12-5-3-4-11(8-12)9-13/h3-5,8H,6-7,9-10H2,1-2H3. The van der Waals surface area contributed by atoms with Crippen LogP contribution in [0.2, 0.25) is 0 Å². The Bertz CT molecular complexity index is 656. The first-order valence-electron chi connectivity index (χ1n) is 5.89. The van der Waals surface area contributed by atoms with Gasteiger partial charge in [0.15, 0.2) is 0 Å². The third kappa shape index (κ3) is 5.78. The van der Waals surface area contributed by atoms with Crippen LogP contribution in [-0.4, -0.2) is 46.7 Å². The summed E-state index contributed by atoms with van der Waals surface area (Å²) in [5.41, 5.74) is 1.48. The normalized spacial score (nSPS) is 12.8. The van der Waals surface area contributed by atoms with Crippen LogP contribution in [0.15, 0.2) is 24.3 Å². The lowest BCUT2D eigenvalue weighted by Crippen LogP contribution is -2.32. The number of sulfonamides is 1. The van der Waals surface area contributed by atoms with Gasteiger partial charge in [0.05, 0.1) is 11.5 Å². The predicted octanol–water partition coefficient (Wildman–Crippen LogP) is 1.23. The summed E-state index contributed by atoms with van der Waals surface area (Å²) < 4.78 is 47.4. The number of nitrogens with zero attached hydrogens (tertiary/aromatic N) is 1. The Balaban J connectivity index is 2.78. The predicted molar refractivity (Wildman–Crippen MR) is 81.0 cm³/mol. The Morgan fingerprint density at radius 2 is 1.75 bits per heavy atom. The monoisotopic (exact) mass is 339 g/mol. The molecule has 0 fully saturated rings. The lowest BCUT2D eigenvalue weighted by Gasteiger charge is -2.16. The van der Waals surface area contributed by atoms with Crippen LogP contribution in [0.3, 0.4) is 0 Å². The fourth-order valence-corrected chi connectivity index (χ4v) is 3.63. The zero-order valence-electron chi connectivity index (χ0n) is 11.4. The topological polar surface area (TPSA) is 71.5 Å². The molecule has 0 radical (unpaired) electrons. The first-order valence-corrected chi connectivity index (χ1v) is 10.1. The van der Waals surface area contributed by atoms with Crippen molar-refractivity contribution in [1.29, 1.82) is 0 Å². The van der Waals surface area contributed by atoms with E-state index in [9.17, 15) is 16.8 Å². The maximum Gasteiger partial charge on any atom is 0.218 e. The molecule has 0 unspecified atom stereocenters. The van der Waals surface area contributed by atoms with E-state index in [2.05, 4.69) is 0 Å². The van der Waals surface area contributed by atoms with Gasteiger partial charge in [-0.15, -0.1) is 11.6 Å². The van der Waals surface area contributed by atoms with Gasteiger partial charge in [0, 0.05) is 25.7 Å². The van der Waals surface area contributed by atoms with Crippen LogP contribution in [0.25, 0.3) is 0 Å². The molecule has 0 aliphatic carbocycles. The summed E-state index contributed by atoms with van der Waals surface area (Å²) in [5.74, 6) is -0.0414. The molecule has 0 bridgehead atoms. The van der Waals surface area contributed by atoms with Gasteiger partial charge >= 0.3 is 0 Å². The van der Waals surface area contributed by atoms with Crippen LogP contribution < -0.4 is 0 Å². The van der Waals surface area contributed by atoms with Gasteiger partial charge in [-0.3, -0.25) is 0 Å². The van der Waals surface area contributed by atoms with Crippen LogP contribution in [-0.2, 0) is 31.5 Å². The van der Waals surface area contributed by atoms with Gasteiger partial charge in [-0.2, -0.15) is 0 Å². The summed E-state index contributed by atoms with van der Waals surface area (Å²) >= 11 is 5.71. The molecule has 0 aliphatic heterocycles. The molecule has 0 heterocycles. The van der Waals surface area contributed by atoms with Crippen molar-refractivity contribution in [2.24, 2.45) is 0 Å². The van der Waals surface area contributed by atoms with E-state index in [0.29, 0.717) is 11.4 Å². The molecule has 114 valence electrons. The number of hydrogen-bond donors (Lipinski definition) is 0. The average Bonchev–Trinajstić information content (AvgIpc) is 2.34. The van der Waals surface area contributed by atoms with E-state index in [4.69, 9.17) is 11.6 Å². The molecular formula is C12H18ClNO4S2. The summed E-state index contributed by atoms with van der Waals surface area (Å²) in [5, 5.41) is 0. The van der Waals surface area contributed by atoms with Crippen molar-refractivity contribution < 1.29 is 16.8 Å². The van der Waals surface area contributed by atoms with Crippen molar-refractivity contribution in [3.8, 4) is 0 Å². The summed E-state index contributed by atoms with van der Waals surface area (Å²) in [6.07, 6.45) is 1.08. The van der Waals surface area contributed by atoms with Crippen molar-refractivity contribution in [2.45, 2.75) is 11.6 Å². The van der Waals surface area contributed by atoms with Crippen molar-refractivity contribution in [3.63, 3.8) is 0 Å². The molecule has 8 heteroatoms. The molecule has 1 rings (SSSR count). The van der Waals surface area contributed by atoms with Gasteiger partial charge < -0.3 is 0 Å². The van der Waals surface area contributed by atoms with E-state index in [-0.39, 0.29) is 18.1 Å². The van der Waals surface area contributed by atoms with Crippen LogP contribution in [0, 0.1) is 0 Å². The highest BCUT2D eigenvalue weighted by Gasteiger charge is 2.19. The fraction of sp³-hybridized carbons (Fsp3) is 0.500. The summed E-state index contributed by atoms with van der Waals surface area (Å²) in [4.78, 5) is 0. The molecule has 0 spiro atoms. The number of benzene rings is 1. The van der Waals surface area contributed by atoms with Crippen molar-refractivity contribution in [3.05, 3.63) is 35.4 Å². The minimum atomic E-state index is -3.53. The quantitative estimate of drug-likeness (QED) is 0.700. The lowest BCUT2D eigenvalue weighted by molar-refractivity contribution is 0.484. The third-order valence-corrected chi connectivity index (χ3v) is 5.81. The number of hydrogen-bond acceptors (Lipinski definition) is 4. The average molecular weight is 340 g/mol. The van der Waals surface area contributed by atoms with Crippen molar-refractivity contribution >= 4 is 31.5 Å². The summed E-state index contributed by atoms with van der Waals surface area (Å²) in [7, 11) is -5.34. The minimum absolute atomic E-state index is 0.0453. The van der Waals surface area contributed by atoms with Gasteiger partial charge in [-0.25, -0.2) is 21.1 Å². The maximum atomic E-state index is 12.1. The van der Waals surface area contributed by atoms with E-state index in [1.54, 1.807) is 18.2 Å². The molecule has 0 N–H and O–H groups in total. The van der Waals surface area contributed by atoms with Gasteiger partial charge in [-0.05, 0) is 11.1 Å². The summed E-state index contributed by atoms with van der Waals surface area (Å²) in [6.45, 7) is -0.0453. The second kappa shape index (κ2) is 6.89. The molecule has 0 aromatic heterocycles.